The maximum absolute atomic E-state index is 5.53. The number of hydrogen-bond acceptors (Lipinski definition) is 4. The minimum Gasteiger partial charge on any atom is -0.496 e. The highest BCUT2D eigenvalue weighted by Crippen LogP contribution is 2.43. The lowest BCUT2D eigenvalue weighted by molar-refractivity contribution is 0.399. The summed E-state index contributed by atoms with van der Waals surface area (Å²) in [5.41, 5.74) is 0. The van der Waals surface area contributed by atoms with E-state index in [2.05, 4.69) is 6.66 Å². The predicted molar refractivity (Wildman–Crippen MR) is 91.2 cm³/mol. The molecular weight excluding hydrogens is 299 g/mol. The zero-order valence-electron chi connectivity index (χ0n) is 13.5. The molecule has 0 aliphatic rings. The fourth-order valence-corrected chi connectivity index (χ4v) is 4.65. The smallest absolute Gasteiger partial charge is 0.130 e. The quantitative estimate of drug-likeness (QED) is 0.767. The molecule has 0 atom stereocenters. The molecule has 5 heteroatoms. The van der Waals surface area contributed by atoms with Gasteiger partial charge in [0, 0.05) is 0 Å². The lowest BCUT2D eigenvalue weighted by atomic mass is 10.3. The van der Waals surface area contributed by atoms with Crippen molar-refractivity contribution < 1.29 is 18.9 Å². The molecule has 0 aliphatic carbocycles. The molecular formula is C17H21O4P. The highest BCUT2D eigenvalue weighted by Gasteiger charge is 2.24. The predicted octanol–water partition coefficient (Wildman–Crippen LogP) is 2.78. The SMILES string of the molecule is COc1cccc(OC)c1P(C)c1c(OC)cccc1OC. The maximum Gasteiger partial charge on any atom is 0.130 e. The Hall–Kier alpha value is -1.93. The first-order chi connectivity index (χ1) is 10.7. The van der Waals surface area contributed by atoms with Crippen LogP contribution in [0.5, 0.6) is 23.0 Å². The van der Waals surface area contributed by atoms with Crippen LogP contribution in [-0.2, 0) is 0 Å². The van der Waals surface area contributed by atoms with Crippen LogP contribution >= 0.6 is 7.92 Å². The Morgan fingerprint density at radius 1 is 0.591 bits per heavy atom. The highest BCUT2D eigenvalue weighted by molar-refractivity contribution is 7.73. The van der Waals surface area contributed by atoms with E-state index in [4.69, 9.17) is 18.9 Å². The van der Waals surface area contributed by atoms with Crippen molar-refractivity contribution in [1.82, 2.24) is 0 Å². The Balaban J connectivity index is 2.65. The molecule has 0 fully saturated rings. The van der Waals surface area contributed by atoms with Gasteiger partial charge < -0.3 is 18.9 Å². The van der Waals surface area contributed by atoms with Crippen LogP contribution in [0.3, 0.4) is 0 Å². The highest BCUT2D eigenvalue weighted by atomic mass is 31.1. The van der Waals surface area contributed by atoms with E-state index in [1.54, 1.807) is 28.4 Å². The Kier molecular flexibility index (Phi) is 5.51. The third-order valence-corrected chi connectivity index (χ3v) is 5.70. The molecule has 22 heavy (non-hydrogen) atoms. The molecule has 0 unspecified atom stereocenters. The standard InChI is InChI=1S/C17H21O4P/c1-18-12-8-6-9-13(19-2)16(12)22(5)17-14(20-3)10-7-11-15(17)21-4/h6-11H,1-5H3. The van der Waals surface area contributed by atoms with Crippen molar-refractivity contribution in [1.29, 1.82) is 0 Å². The number of benzene rings is 2. The van der Waals surface area contributed by atoms with Crippen LogP contribution in [0.1, 0.15) is 0 Å². The lowest BCUT2D eigenvalue weighted by Gasteiger charge is -2.23. The molecule has 0 bridgehead atoms. The van der Waals surface area contributed by atoms with Gasteiger partial charge in [-0.2, -0.15) is 0 Å². The number of rotatable bonds is 6. The summed E-state index contributed by atoms with van der Waals surface area (Å²) in [5.74, 6) is 3.23. The summed E-state index contributed by atoms with van der Waals surface area (Å²) in [6, 6.07) is 11.6. The number of ether oxygens (including phenoxy) is 4. The third kappa shape index (κ3) is 2.97. The van der Waals surface area contributed by atoms with E-state index in [1.807, 2.05) is 36.4 Å². The van der Waals surface area contributed by atoms with Gasteiger partial charge in [-0.15, -0.1) is 0 Å². The molecule has 0 radical (unpaired) electrons. The summed E-state index contributed by atoms with van der Waals surface area (Å²) in [7, 11) is 5.89. The number of methoxy groups -OCH3 is 4. The monoisotopic (exact) mass is 320 g/mol. The van der Waals surface area contributed by atoms with Crippen LogP contribution in [0.4, 0.5) is 0 Å². The van der Waals surface area contributed by atoms with Crippen molar-refractivity contribution in [2.45, 2.75) is 0 Å². The molecule has 0 spiro atoms. The molecule has 4 nitrogen and oxygen atoms in total. The fraction of sp³-hybridized carbons (Fsp3) is 0.294. The third-order valence-electron chi connectivity index (χ3n) is 3.47. The molecule has 0 saturated carbocycles. The summed E-state index contributed by atoms with van der Waals surface area (Å²) in [4.78, 5) is 0. The van der Waals surface area contributed by atoms with Crippen molar-refractivity contribution in [3.05, 3.63) is 36.4 Å². The molecule has 0 aliphatic heterocycles. The summed E-state index contributed by atoms with van der Waals surface area (Å²) >= 11 is 0. The number of hydrogen-bond donors (Lipinski definition) is 0. The zero-order chi connectivity index (χ0) is 16.1. The first kappa shape index (κ1) is 16.4. The Morgan fingerprint density at radius 3 is 1.09 bits per heavy atom. The van der Waals surface area contributed by atoms with Crippen molar-refractivity contribution in [2.24, 2.45) is 0 Å². The first-order valence-electron chi connectivity index (χ1n) is 6.83. The Bertz CT molecular complexity index is 543. The van der Waals surface area contributed by atoms with E-state index in [-0.39, 0.29) is 0 Å². The molecule has 0 saturated heterocycles. The van der Waals surface area contributed by atoms with Gasteiger partial charge in [0.05, 0.1) is 39.0 Å². The van der Waals surface area contributed by atoms with E-state index in [0.29, 0.717) is 0 Å². The van der Waals surface area contributed by atoms with Crippen LogP contribution in [0.2, 0.25) is 0 Å². The van der Waals surface area contributed by atoms with Gasteiger partial charge in [0.1, 0.15) is 23.0 Å². The van der Waals surface area contributed by atoms with E-state index in [0.717, 1.165) is 33.6 Å². The average Bonchev–Trinajstić information content (AvgIpc) is 2.59. The summed E-state index contributed by atoms with van der Waals surface area (Å²) in [6.45, 7) is 2.15. The van der Waals surface area contributed by atoms with E-state index in [9.17, 15) is 0 Å². The lowest BCUT2D eigenvalue weighted by Crippen LogP contribution is -2.18. The minimum absolute atomic E-state index is 0.777. The van der Waals surface area contributed by atoms with Gasteiger partial charge in [0.25, 0.3) is 0 Å². The molecule has 0 N–H and O–H groups in total. The molecule has 0 heterocycles. The Morgan fingerprint density at radius 2 is 0.864 bits per heavy atom. The molecule has 0 amide bonds. The van der Waals surface area contributed by atoms with E-state index < -0.39 is 7.92 Å². The van der Waals surface area contributed by atoms with Crippen molar-refractivity contribution >= 4 is 18.5 Å². The van der Waals surface area contributed by atoms with Crippen LogP contribution in [0.25, 0.3) is 0 Å². The second kappa shape index (κ2) is 7.37. The summed E-state index contributed by atoms with van der Waals surface area (Å²) < 4.78 is 22.1. The van der Waals surface area contributed by atoms with Gasteiger partial charge in [-0.3, -0.25) is 0 Å². The fourth-order valence-electron chi connectivity index (χ4n) is 2.44. The largest absolute Gasteiger partial charge is 0.496 e. The maximum atomic E-state index is 5.53. The summed E-state index contributed by atoms with van der Waals surface area (Å²) in [6.07, 6.45) is 0. The van der Waals surface area contributed by atoms with Crippen LogP contribution in [0, 0.1) is 0 Å². The zero-order valence-corrected chi connectivity index (χ0v) is 14.4. The van der Waals surface area contributed by atoms with Crippen LogP contribution in [-0.4, -0.2) is 35.1 Å². The Labute approximate surface area is 132 Å². The van der Waals surface area contributed by atoms with E-state index >= 15 is 0 Å². The van der Waals surface area contributed by atoms with E-state index in [1.165, 1.54) is 0 Å². The minimum atomic E-state index is -0.777. The topological polar surface area (TPSA) is 36.9 Å². The molecule has 2 aromatic rings. The van der Waals surface area contributed by atoms with Crippen molar-refractivity contribution in [2.75, 3.05) is 35.1 Å². The summed E-state index contributed by atoms with van der Waals surface area (Å²) in [5, 5.41) is 2.07. The molecule has 118 valence electrons. The molecule has 2 rings (SSSR count). The van der Waals surface area contributed by atoms with Crippen molar-refractivity contribution in [3.8, 4) is 23.0 Å². The molecule has 2 aromatic carbocycles. The normalized spacial score (nSPS) is 10.5. The molecule has 0 aromatic heterocycles. The van der Waals surface area contributed by atoms with Gasteiger partial charge in [-0.25, -0.2) is 0 Å². The van der Waals surface area contributed by atoms with Crippen LogP contribution in [0.15, 0.2) is 36.4 Å². The first-order valence-corrected chi connectivity index (χ1v) is 8.62. The van der Waals surface area contributed by atoms with Crippen LogP contribution < -0.4 is 29.6 Å². The van der Waals surface area contributed by atoms with Crippen molar-refractivity contribution in [3.63, 3.8) is 0 Å². The van der Waals surface area contributed by atoms with Gasteiger partial charge >= 0.3 is 0 Å². The van der Waals surface area contributed by atoms with Gasteiger partial charge in [0.2, 0.25) is 0 Å². The second-order valence-corrected chi connectivity index (χ2v) is 6.59. The van der Waals surface area contributed by atoms with Gasteiger partial charge in [0.15, 0.2) is 0 Å². The second-order valence-electron chi connectivity index (χ2n) is 4.58. The average molecular weight is 320 g/mol. The van der Waals surface area contributed by atoms with Gasteiger partial charge in [-0.05, 0) is 38.9 Å². The van der Waals surface area contributed by atoms with Gasteiger partial charge in [-0.1, -0.05) is 12.1 Å².